The topological polar surface area (TPSA) is 75.4 Å². The SMILES string of the molecule is Nc1c(Cl)cc(C(=O)Nc2cccc(Br)c2O)cc1Cl. The smallest absolute Gasteiger partial charge is 0.255 e. The van der Waals surface area contributed by atoms with E-state index in [1.807, 2.05) is 0 Å². The van der Waals surface area contributed by atoms with E-state index in [0.717, 1.165) is 0 Å². The summed E-state index contributed by atoms with van der Waals surface area (Å²) in [6, 6.07) is 7.73. The van der Waals surface area contributed by atoms with E-state index in [4.69, 9.17) is 28.9 Å². The number of para-hydroxylation sites is 1. The van der Waals surface area contributed by atoms with Gasteiger partial charge in [-0.25, -0.2) is 0 Å². The molecule has 0 unspecified atom stereocenters. The number of hydrogen-bond acceptors (Lipinski definition) is 3. The molecule has 2 aromatic carbocycles. The number of nitrogens with two attached hydrogens (primary N) is 1. The average Bonchev–Trinajstić information content (AvgIpc) is 2.40. The number of hydrogen-bond donors (Lipinski definition) is 3. The van der Waals surface area contributed by atoms with Gasteiger partial charge in [0.2, 0.25) is 0 Å². The molecule has 2 rings (SSSR count). The number of nitrogen functional groups attached to an aromatic ring is 1. The molecule has 0 bridgehead atoms. The third kappa shape index (κ3) is 3.00. The first-order chi connectivity index (χ1) is 9.40. The predicted molar refractivity (Wildman–Crippen MR) is 84.6 cm³/mol. The standard InChI is InChI=1S/C13H9BrCl2N2O2/c14-7-2-1-3-10(12(7)19)18-13(20)6-4-8(15)11(17)9(16)5-6/h1-5,19H,17H2,(H,18,20). The Labute approximate surface area is 133 Å². The molecule has 0 radical (unpaired) electrons. The molecule has 0 aliphatic rings. The summed E-state index contributed by atoms with van der Waals surface area (Å²) in [7, 11) is 0. The largest absolute Gasteiger partial charge is 0.505 e. The van der Waals surface area contributed by atoms with Crippen LogP contribution in [0.5, 0.6) is 5.75 Å². The lowest BCUT2D eigenvalue weighted by atomic mass is 10.2. The molecule has 0 spiro atoms. The minimum Gasteiger partial charge on any atom is -0.505 e. The van der Waals surface area contributed by atoms with Gasteiger partial charge in [-0.3, -0.25) is 4.79 Å². The highest BCUT2D eigenvalue weighted by Crippen LogP contribution is 2.33. The first-order valence-electron chi connectivity index (χ1n) is 5.43. The number of phenols is 1. The van der Waals surface area contributed by atoms with Crippen LogP contribution in [0.1, 0.15) is 10.4 Å². The molecule has 1 amide bonds. The van der Waals surface area contributed by atoms with Crippen LogP contribution in [0.3, 0.4) is 0 Å². The minimum absolute atomic E-state index is 0.0616. The van der Waals surface area contributed by atoms with Crippen molar-refractivity contribution in [3.05, 3.63) is 50.4 Å². The molecule has 2 aromatic rings. The van der Waals surface area contributed by atoms with Crippen molar-refractivity contribution in [2.75, 3.05) is 11.1 Å². The maximum atomic E-state index is 12.1. The summed E-state index contributed by atoms with van der Waals surface area (Å²) >= 11 is 14.9. The van der Waals surface area contributed by atoms with Crippen molar-refractivity contribution in [3.63, 3.8) is 0 Å². The Morgan fingerprint density at radius 3 is 2.45 bits per heavy atom. The van der Waals surface area contributed by atoms with Crippen LogP contribution >= 0.6 is 39.1 Å². The number of nitrogens with one attached hydrogen (secondary N) is 1. The number of halogens is 3. The molecular formula is C13H9BrCl2N2O2. The van der Waals surface area contributed by atoms with E-state index in [-0.39, 0.29) is 32.7 Å². The fourth-order valence-corrected chi connectivity index (χ4v) is 2.38. The highest BCUT2D eigenvalue weighted by Gasteiger charge is 2.13. The maximum Gasteiger partial charge on any atom is 0.255 e. The molecule has 0 aliphatic heterocycles. The van der Waals surface area contributed by atoms with Crippen molar-refractivity contribution in [3.8, 4) is 5.75 Å². The van der Waals surface area contributed by atoms with E-state index in [1.165, 1.54) is 12.1 Å². The molecule has 4 N–H and O–H groups in total. The fraction of sp³-hybridized carbons (Fsp3) is 0. The zero-order chi connectivity index (χ0) is 14.9. The summed E-state index contributed by atoms with van der Waals surface area (Å²) in [4.78, 5) is 12.1. The molecule has 0 atom stereocenters. The predicted octanol–water partition coefficient (Wildman–Crippen LogP) is 4.30. The van der Waals surface area contributed by atoms with Gasteiger partial charge in [-0.2, -0.15) is 0 Å². The van der Waals surface area contributed by atoms with Gasteiger partial charge in [-0.1, -0.05) is 29.3 Å². The van der Waals surface area contributed by atoms with Crippen LogP contribution in [0.2, 0.25) is 10.0 Å². The van der Waals surface area contributed by atoms with Gasteiger partial charge >= 0.3 is 0 Å². The third-order valence-electron chi connectivity index (χ3n) is 2.58. The number of phenolic OH excluding ortho intramolecular Hbond substituents is 1. The number of anilines is 2. The van der Waals surface area contributed by atoms with Crippen LogP contribution in [-0.4, -0.2) is 11.0 Å². The summed E-state index contributed by atoms with van der Waals surface area (Å²) in [5, 5.41) is 12.8. The number of amides is 1. The van der Waals surface area contributed by atoms with E-state index >= 15 is 0 Å². The van der Waals surface area contributed by atoms with Crippen molar-refractivity contribution in [1.82, 2.24) is 0 Å². The molecule has 0 fully saturated rings. The van der Waals surface area contributed by atoms with Crippen molar-refractivity contribution in [2.24, 2.45) is 0 Å². The summed E-state index contributed by atoms with van der Waals surface area (Å²) in [6.07, 6.45) is 0. The second-order valence-corrected chi connectivity index (χ2v) is 5.61. The van der Waals surface area contributed by atoms with E-state index < -0.39 is 5.91 Å². The van der Waals surface area contributed by atoms with Crippen molar-refractivity contribution in [1.29, 1.82) is 0 Å². The van der Waals surface area contributed by atoms with Crippen LogP contribution in [0, 0.1) is 0 Å². The van der Waals surface area contributed by atoms with Crippen LogP contribution in [0.25, 0.3) is 0 Å². The summed E-state index contributed by atoms with van der Waals surface area (Å²) < 4.78 is 0.476. The molecule has 0 aliphatic carbocycles. The lowest BCUT2D eigenvalue weighted by Crippen LogP contribution is -2.12. The zero-order valence-electron chi connectivity index (χ0n) is 9.95. The van der Waals surface area contributed by atoms with Gasteiger partial charge in [0.15, 0.2) is 5.75 Å². The molecule has 0 heterocycles. The second-order valence-electron chi connectivity index (χ2n) is 3.94. The Kier molecular flexibility index (Phi) is 4.42. The Bertz CT molecular complexity index is 669. The van der Waals surface area contributed by atoms with Crippen LogP contribution in [0.15, 0.2) is 34.8 Å². The van der Waals surface area contributed by atoms with Gasteiger partial charge in [0.05, 0.1) is 25.9 Å². The normalized spacial score (nSPS) is 10.3. The molecule has 0 aromatic heterocycles. The summed E-state index contributed by atoms with van der Waals surface area (Å²) in [6.45, 7) is 0. The van der Waals surface area contributed by atoms with Crippen LogP contribution in [-0.2, 0) is 0 Å². The Hall–Kier alpha value is -1.43. The van der Waals surface area contributed by atoms with Crippen molar-refractivity contribution in [2.45, 2.75) is 0 Å². The average molecular weight is 376 g/mol. The van der Waals surface area contributed by atoms with Crippen molar-refractivity contribution >= 4 is 56.4 Å². The third-order valence-corrected chi connectivity index (χ3v) is 3.84. The first-order valence-corrected chi connectivity index (χ1v) is 6.98. The van der Waals surface area contributed by atoms with E-state index in [1.54, 1.807) is 18.2 Å². The number of aromatic hydroxyl groups is 1. The number of carbonyl (C=O) groups excluding carboxylic acids is 1. The van der Waals surface area contributed by atoms with Crippen LogP contribution in [0.4, 0.5) is 11.4 Å². The highest BCUT2D eigenvalue weighted by atomic mass is 79.9. The number of carbonyl (C=O) groups is 1. The second kappa shape index (κ2) is 5.91. The van der Waals surface area contributed by atoms with Gasteiger partial charge in [-0.05, 0) is 40.2 Å². The summed E-state index contributed by atoms with van der Waals surface area (Å²) in [5.74, 6) is -0.518. The Morgan fingerprint density at radius 1 is 1.25 bits per heavy atom. The van der Waals surface area contributed by atoms with E-state index in [9.17, 15) is 9.90 Å². The van der Waals surface area contributed by atoms with Gasteiger partial charge in [0.1, 0.15) is 0 Å². The van der Waals surface area contributed by atoms with Gasteiger partial charge in [-0.15, -0.1) is 0 Å². The molecule has 104 valence electrons. The Morgan fingerprint density at radius 2 is 1.85 bits per heavy atom. The fourth-order valence-electron chi connectivity index (χ4n) is 1.53. The highest BCUT2D eigenvalue weighted by molar-refractivity contribution is 9.10. The quantitative estimate of drug-likeness (QED) is 0.541. The van der Waals surface area contributed by atoms with E-state index in [2.05, 4.69) is 21.2 Å². The van der Waals surface area contributed by atoms with Gasteiger partial charge < -0.3 is 16.2 Å². The number of benzene rings is 2. The maximum absolute atomic E-state index is 12.1. The molecule has 7 heteroatoms. The van der Waals surface area contributed by atoms with Crippen molar-refractivity contribution < 1.29 is 9.90 Å². The lowest BCUT2D eigenvalue weighted by molar-refractivity contribution is 0.102. The molecule has 0 saturated heterocycles. The van der Waals surface area contributed by atoms with E-state index in [0.29, 0.717) is 4.47 Å². The lowest BCUT2D eigenvalue weighted by Gasteiger charge is -2.10. The zero-order valence-corrected chi connectivity index (χ0v) is 13.1. The van der Waals surface area contributed by atoms with Crippen LogP contribution < -0.4 is 11.1 Å². The molecule has 0 saturated carbocycles. The summed E-state index contributed by atoms with van der Waals surface area (Å²) in [5.41, 5.74) is 6.34. The monoisotopic (exact) mass is 374 g/mol. The molecule has 20 heavy (non-hydrogen) atoms. The molecule has 4 nitrogen and oxygen atoms in total. The minimum atomic E-state index is -0.456. The first kappa shape index (κ1) is 15.0. The Balaban J connectivity index is 2.31. The number of rotatable bonds is 2. The molecular weight excluding hydrogens is 367 g/mol. The van der Waals surface area contributed by atoms with Gasteiger partial charge in [0, 0.05) is 5.56 Å². The van der Waals surface area contributed by atoms with Gasteiger partial charge in [0.25, 0.3) is 5.91 Å².